The lowest BCUT2D eigenvalue weighted by molar-refractivity contribution is -0.118. The summed E-state index contributed by atoms with van der Waals surface area (Å²) in [7, 11) is -0.897. The first-order valence-corrected chi connectivity index (χ1v) is 7.72. The van der Waals surface area contributed by atoms with Gasteiger partial charge in [-0.05, 0) is 30.8 Å². The van der Waals surface area contributed by atoms with Crippen molar-refractivity contribution in [1.29, 1.82) is 0 Å². The first-order chi connectivity index (χ1) is 8.59. The zero-order valence-electron chi connectivity index (χ0n) is 9.96. The van der Waals surface area contributed by atoms with Crippen molar-refractivity contribution in [2.24, 2.45) is 0 Å². The van der Waals surface area contributed by atoms with Crippen molar-refractivity contribution >= 4 is 39.7 Å². The van der Waals surface area contributed by atoms with Crippen molar-refractivity contribution in [3.63, 3.8) is 0 Å². The molecule has 0 bridgehead atoms. The van der Waals surface area contributed by atoms with Crippen LogP contribution in [0.4, 0.5) is 5.69 Å². The number of benzene rings is 1. The number of nitrogens with one attached hydrogen (secondary N) is 1. The van der Waals surface area contributed by atoms with Gasteiger partial charge in [0.1, 0.15) is 6.04 Å². The Morgan fingerprint density at radius 3 is 2.67 bits per heavy atom. The average Bonchev–Trinajstić information content (AvgIpc) is 2.63. The minimum atomic E-state index is -0.897. The van der Waals surface area contributed by atoms with E-state index in [1.54, 1.807) is 6.26 Å². The van der Waals surface area contributed by atoms with Gasteiger partial charge in [-0.25, -0.2) is 0 Å². The molecular weight excluding hydrogens is 268 g/mol. The second-order valence-corrected chi connectivity index (χ2v) is 6.02. The van der Waals surface area contributed by atoms with Gasteiger partial charge in [-0.1, -0.05) is 18.2 Å². The van der Waals surface area contributed by atoms with Crippen LogP contribution in [0, 0.1) is 0 Å². The Labute approximate surface area is 114 Å². The number of rotatable bonds is 4. The van der Waals surface area contributed by atoms with E-state index in [4.69, 9.17) is 12.2 Å². The monoisotopic (exact) mass is 282 g/mol. The van der Waals surface area contributed by atoms with Crippen molar-refractivity contribution in [3.8, 4) is 0 Å². The highest BCUT2D eigenvalue weighted by Gasteiger charge is 2.35. The number of amides is 1. The van der Waals surface area contributed by atoms with Gasteiger partial charge in [-0.15, -0.1) is 0 Å². The molecule has 1 saturated heterocycles. The van der Waals surface area contributed by atoms with E-state index < -0.39 is 10.8 Å². The van der Waals surface area contributed by atoms with Crippen molar-refractivity contribution in [2.75, 3.05) is 16.9 Å². The van der Waals surface area contributed by atoms with Crippen molar-refractivity contribution in [1.82, 2.24) is 5.32 Å². The van der Waals surface area contributed by atoms with E-state index in [9.17, 15) is 9.00 Å². The molecule has 1 aromatic carbocycles. The predicted octanol–water partition coefficient (Wildman–Crippen LogP) is 1.04. The van der Waals surface area contributed by atoms with Gasteiger partial charge in [0.15, 0.2) is 5.11 Å². The van der Waals surface area contributed by atoms with Gasteiger partial charge < -0.3 is 5.32 Å². The molecule has 0 saturated carbocycles. The number of hydrogen-bond acceptors (Lipinski definition) is 3. The quantitative estimate of drug-likeness (QED) is 0.839. The molecular formula is C12H14N2O2S2. The molecule has 4 nitrogen and oxygen atoms in total. The molecule has 1 amide bonds. The Balaban J connectivity index is 2.12. The van der Waals surface area contributed by atoms with Crippen LogP contribution in [0.25, 0.3) is 0 Å². The van der Waals surface area contributed by atoms with Crippen molar-refractivity contribution < 1.29 is 9.00 Å². The number of thiocarbonyl (C=S) groups is 1. The van der Waals surface area contributed by atoms with Crippen LogP contribution in [-0.2, 0) is 15.6 Å². The van der Waals surface area contributed by atoms with E-state index in [-0.39, 0.29) is 11.9 Å². The van der Waals surface area contributed by atoms with E-state index in [1.165, 1.54) is 4.90 Å². The zero-order chi connectivity index (χ0) is 13.1. The summed E-state index contributed by atoms with van der Waals surface area (Å²) in [6, 6.07) is 8.93. The van der Waals surface area contributed by atoms with Crippen LogP contribution in [0.5, 0.6) is 0 Å². The fourth-order valence-corrected chi connectivity index (χ4v) is 2.74. The summed E-state index contributed by atoms with van der Waals surface area (Å²) in [5.74, 6) is 0.422. The molecule has 0 aliphatic carbocycles. The molecule has 2 unspecified atom stereocenters. The van der Waals surface area contributed by atoms with E-state index in [2.05, 4.69) is 5.32 Å². The molecule has 1 fully saturated rings. The second-order valence-electron chi connectivity index (χ2n) is 4.08. The van der Waals surface area contributed by atoms with Gasteiger partial charge in [0.2, 0.25) is 0 Å². The van der Waals surface area contributed by atoms with Gasteiger partial charge in [-0.3, -0.25) is 13.9 Å². The molecule has 1 N–H and O–H groups in total. The van der Waals surface area contributed by atoms with Gasteiger partial charge in [0, 0.05) is 22.8 Å². The summed E-state index contributed by atoms with van der Waals surface area (Å²) in [5.41, 5.74) is 0.764. The summed E-state index contributed by atoms with van der Waals surface area (Å²) in [6.45, 7) is 0. The van der Waals surface area contributed by atoms with Gasteiger partial charge in [0.05, 0.1) is 5.69 Å². The normalized spacial score (nSPS) is 20.9. The number of carbonyl (C=O) groups is 1. The maximum atomic E-state index is 12.2. The minimum absolute atomic E-state index is 0.0725. The summed E-state index contributed by atoms with van der Waals surface area (Å²) in [6.07, 6.45) is 2.16. The van der Waals surface area contributed by atoms with E-state index in [0.29, 0.717) is 17.3 Å². The topological polar surface area (TPSA) is 49.4 Å². The summed E-state index contributed by atoms with van der Waals surface area (Å²) in [4.78, 5) is 13.7. The molecule has 1 aromatic rings. The van der Waals surface area contributed by atoms with Crippen molar-refractivity contribution in [3.05, 3.63) is 30.3 Å². The van der Waals surface area contributed by atoms with Crippen LogP contribution in [-0.4, -0.2) is 33.3 Å². The van der Waals surface area contributed by atoms with Crippen LogP contribution in [0.2, 0.25) is 0 Å². The lowest BCUT2D eigenvalue weighted by Crippen LogP contribution is -2.31. The third-order valence-corrected chi connectivity index (χ3v) is 3.84. The average molecular weight is 282 g/mol. The molecule has 2 rings (SSSR count). The zero-order valence-corrected chi connectivity index (χ0v) is 11.6. The molecule has 1 aliphatic heterocycles. The Morgan fingerprint density at radius 1 is 1.39 bits per heavy atom. The van der Waals surface area contributed by atoms with Crippen LogP contribution in [0.1, 0.15) is 6.42 Å². The Kier molecular flexibility index (Phi) is 4.08. The maximum absolute atomic E-state index is 12.2. The molecule has 6 heteroatoms. The van der Waals surface area contributed by atoms with Crippen molar-refractivity contribution in [2.45, 2.75) is 12.5 Å². The number of anilines is 1. The second kappa shape index (κ2) is 5.58. The van der Waals surface area contributed by atoms with Crippen LogP contribution in [0.15, 0.2) is 30.3 Å². The molecule has 1 heterocycles. The highest BCUT2D eigenvalue weighted by Crippen LogP contribution is 2.20. The third kappa shape index (κ3) is 2.76. The SMILES string of the molecule is CS(=O)CCC1NC(=S)N(c2ccccc2)C1=O. The molecule has 96 valence electrons. The summed E-state index contributed by atoms with van der Waals surface area (Å²) < 4.78 is 11.1. The third-order valence-electron chi connectivity index (χ3n) is 2.73. The molecule has 2 atom stereocenters. The Hall–Kier alpha value is -1.27. The lowest BCUT2D eigenvalue weighted by Gasteiger charge is -2.14. The largest absolute Gasteiger partial charge is 0.350 e. The number of hydrogen-bond donors (Lipinski definition) is 1. The number of carbonyl (C=O) groups excluding carboxylic acids is 1. The standard InChI is InChI=1S/C12H14N2O2S2/c1-18(16)8-7-10-11(15)14(12(17)13-10)9-5-3-2-4-6-9/h2-6,10H,7-8H2,1H3,(H,13,17). The Bertz CT molecular complexity index is 490. The first-order valence-electron chi connectivity index (χ1n) is 5.59. The molecule has 0 aromatic heterocycles. The lowest BCUT2D eigenvalue weighted by atomic mass is 10.2. The highest BCUT2D eigenvalue weighted by molar-refractivity contribution is 7.84. The Morgan fingerprint density at radius 2 is 2.06 bits per heavy atom. The van der Waals surface area contributed by atoms with Gasteiger partial charge in [0.25, 0.3) is 5.91 Å². The molecule has 0 spiro atoms. The molecule has 18 heavy (non-hydrogen) atoms. The predicted molar refractivity (Wildman–Crippen MR) is 77.0 cm³/mol. The first kappa shape index (κ1) is 13.2. The van der Waals surface area contributed by atoms with E-state index in [1.807, 2.05) is 30.3 Å². The highest BCUT2D eigenvalue weighted by atomic mass is 32.2. The number of nitrogens with zero attached hydrogens (tertiary/aromatic N) is 1. The fourth-order valence-electron chi connectivity index (χ4n) is 1.83. The van der Waals surface area contributed by atoms with Crippen LogP contribution in [0.3, 0.4) is 0 Å². The minimum Gasteiger partial charge on any atom is -0.350 e. The van der Waals surface area contributed by atoms with Crippen LogP contribution >= 0.6 is 12.2 Å². The van der Waals surface area contributed by atoms with E-state index >= 15 is 0 Å². The molecule has 1 aliphatic rings. The molecule has 0 radical (unpaired) electrons. The maximum Gasteiger partial charge on any atom is 0.255 e. The van der Waals surface area contributed by atoms with Crippen LogP contribution < -0.4 is 10.2 Å². The fraction of sp³-hybridized carbons (Fsp3) is 0.333. The summed E-state index contributed by atoms with van der Waals surface area (Å²) in [5, 5.41) is 3.40. The smallest absolute Gasteiger partial charge is 0.255 e. The van der Waals surface area contributed by atoms with Gasteiger partial charge >= 0.3 is 0 Å². The van der Waals surface area contributed by atoms with E-state index in [0.717, 1.165) is 5.69 Å². The number of para-hydroxylation sites is 1. The summed E-state index contributed by atoms with van der Waals surface area (Å²) >= 11 is 5.17. The van der Waals surface area contributed by atoms with Gasteiger partial charge in [-0.2, -0.15) is 0 Å².